The van der Waals surface area contributed by atoms with Gasteiger partial charge in [-0.15, -0.1) is 0 Å². The normalized spacial score (nSPS) is 10.8. The van der Waals surface area contributed by atoms with Crippen LogP contribution in [0.15, 0.2) is 46.9 Å². The second-order valence-electron chi connectivity index (χ2n) is 4.50. The summed E-state index contributed by atoms with van der Waals surface area (Å²) in [5.41, 5.74) is 8.39. The van der Waals surface area contributed by atoms with Gasteiger partial charge in [0.25, 0.3) is 0 Å². The van der Waals surface area contributed by atoms with Gasteiger partial charge in [-0.25, -0.2) is 8.78 Å². The minimum Gasteiger partial charge on any atom is -0.382 e. The SMILES string of the molecule is Nc1n[nH]c(-c2ccc(F)c(Br)c2)c1-c1cccc(F)c1. The molecule has 0 aliphatic heterocycles. The van der Waals surface area contributed by atoms with Crippen molar-refractivity contribution in [2.75, 3.05) is 5.73 Å². The first-order valence-electron chi connectivity index (χ1n) is 6.11. The first-order valence-corrected chi connectivity index (χ1v) is 6.91. The maximum Gasteiger partial charge on any atom is 0.153 e. The number of rotatable bonds is 2. The summed E-state index contributed by atoms with van der Waals surface area (Å²) in [7, 11) is 0. The molecule has 0 aliphatic rings. The van der Waals surface area contributed by atoms with Crippen LogP contribution in [0.25, 0.3) is 22.4 Å². The van der Waals surface area contributed by atoms with E-state index in [2.05, 4.69) is 26.1 Å². The molecule has 0 amide bonds. The van der Waals surface area contributed by atoms with Gasteiger partial charge in [0.15, 0.2) is 5.82 Å². The Morgan fingerprint density at radius 3 is 2.57 bits per heavy atom. The molecule has 3 rings (SSSR count). The van der Waals surface area contributed by atoms with Crippen molar-refractivity contribution in [2.45, 2.75) is 0 Å². The van der Waals surface area contributed by atoms with Gasteiger partial charge >= 0.3 is 0 Å². The summed E-state index contributed by atoms with van der Waals surface area (Å²) in [5, 5.41) is 6.79. The van der Waals surface area contributed by atoms with E-state index in [0.717, 1.165) is 0 Å². The molecule has 3 aromatic rings. The van der Waals surface area contributed by atoms with E-state index in [-0.39, 0.29) is 17.5 Å². The molecule has 3 nitrogen and oxygen atoms in total. The van der Waals surface area contributed by atoms with Crippen LogP contribution in [0.2, 0.25) is 0 Å². The molecule has 21 heavy (non-hydrogen) atoms. The van der Waals surface area contributed by atoms with Crippen molar-refractivity contribution in [2.24, 2.45) is 0 Å². The third-order valence-corrected chi connectivity index (χ3v) is 3.72. The van der Waals surface area contributed by atoms with Gasteiger partial charge in [-0.05, 0) is 51.8 Å². The monoisotopic (exact) mass is 349 g/mol. The molecule has 2 aromatic carbocycles. The third-order valence-electron chi connectivity index (χ3n) is 3.12. The number of halogens is 3. The van der Waals surface area contributed by atoms with Gasteiger partial charge in [0, 0.05) is 5.56 Å². The van der Waals surface area contributed by atoms with Crippen molar-refractivity contribution in [1.29, 1.82) is 0 Å². The molecule has 6 heteroatoms. The Balaban J connectivity index is 2.19. The van der Waals surface area contributed by atoms with Crippen LogP contribution in [-0.2, 0) is 0 Å². The van der Waals surface area contributed by atoms with E-state index in [0.29, 0.717) is 26.9 Å². The van der Waals surface area contributed by atoms with E-state index in [1.807, 2.05) is 0 Å². The molecular weight excluding hydrogens is 340 g/mol. The predicted octanol–water partition coefficient (Wildman–Crippen LogP) is 4.37. The summed E-state index contributed by atoms with van der Waals surface area (Å²) >= 11 is 3.14. The van der Waals surface area contributed by atoms with E-state index in [1.54, 1.807) is 24.3 Å². The Kier molecular flexibility index (Phi) is 3.47. The average Bonchev–Trinajstić information content (AvgIpc) is 2.84. The van der Waals surface area contributed by atoms with Crippen LogP contribution in [0, 0.1) is 11.6 Å². The Bertz CT molecular complexity index is 814. The van der Waals surface area contributed by atoms with Crippen molar-refractivity contribution < 1.29 is 8.78 Å². The molecule has 0 aliphatic carbocycles. The van der Waals surface area contributed by atoms with Crippen molar-refractivity contribution in [1.82, 2.24) is 10.2 Å². The molecule has 0 radical (unpaired) electrons. The van der Waals surface area contributed by atoms with Gasteiger partial charge in [-0.1, -0.05) is 12.1 Å². The van der Waals surface area contributed by atoms with Crippen molar-refractivity contribution >= 4 is 21.7 Å². The summed E-state index contributed by atoms with van der Waals surface area (Å²) in [6, 6.07) is 10.6. The number of anilines is 1. The summed E-state index contributed by atoms with van der Waals surface area (Å²) in [6.07, 6.45) is 0. The molecule has 0 spiro atoms. The molecule has 0 fully saturated rings. The van der Waals surface area contributed by atoms with Crippen LogP contribution in [0.3, 0.4) is 0 Å². The lowest BCUT2D eigenvalue weighted by molar-refractivity contribution is 0.621. The number of nitrogen functional groups attached to an aromatic ring is 1. The Morgan fingerprint density at radius 2 is 1.86 bits per heavy atom. The first kappa shape index (κ1) is 13.8. The number of hydrogen-bond donors (Lipinski definition) is 2. The zero-order valence-corrected chi connectivity index (χ0v) is 12.3. The Morgan fingerprint density at radius 1 is 1.05 bits per heavy atom. The Labute approximate surface area is 127 Å². The lowest BCUT2D eigenvalue weighted by Crippen LogP contribution is -1.90. The summed E-state index contributed by atoms with van der Waals surface area (Å²) in [4.78, 5) is 0. The first-order chi connectivity index (χ1) is 10.1. The zero-order chi connectivity index (χ0) is 15.0. The second kappa shape index (κ2) is 5.29. The van der Waals surface area contributed by atoms with Gasteiger partial charge in [0.05, 0.1) is 15.7 Å². The van der Waals surface area contributed by atoms with Gasteiger partial charge in [-0.2, -0.15) is 5.10 Å². The largest absolute Gasteiger partial charge is 0.382 e. The lowest BCUT2D eigenvalue weighted by atomic mass is 10.0. The smallest absolute Gasteiger partial charge is 0.153 e. The zero-order valence-electron chi connectivity index (χ0n) is 10.7. The number of hydrogen-bond acceptors (Lipinski definition) is 2. The molecule has 1 heterocycles. The third kappa shape index (κ3) is 2.54. The fraction of sp³-hybridized carbons (Fsp3) is 0. The molecule has 1 aromatic heterocycles. The van der Waals surface area contributed by atoms with Crippen LogP contribution in [-0.4, -0.2) is 10.2 Å². The molecule has 0 unspecified atom stereocenters. The highest BCUT2D eigenvalue weighted by molar-refractivity contribution is 9.10. The number of H-pyrrole nitrogens is 1. The van der Waals surface area contributed by atoms with E-state index in [1.165, 1.54) is 18.2 Å². The van der Waals surface area contributed by atoms with Crippen molar-refractivity contribution in [3.8, 4) is 22.4 Å². The van der Waals surface area contributed by atoms with Crippen LogP contribution in [0.1, 0.15) is 0 Å². The highest BCUT2D eigenvalue weighted by atomic mass is 79.9. The maximum absolute atomic E-state index is 13.4. The van der Waals surface area contributed by atoms with Crippen molar-refractivity contribution in [3.05, 3.63) is 58.6 Å². The fourth-order valence-electron chi connectivity index (χ4n) is 2.15. The highest BCUT2D eigenvalue weighted by Gasteiger charge is 2.16. The molecule has 0 bridgehead atoms. The summed E-state index contributed by atoms with van der Waals surface area (Å²) in [6.45, 7) is 0. The number of nitrogens with two attached hydrogens (primary N) is 1. The van der Waals surface area contributed by atoms with Crippen LogP contribution < -0.4 is 5.73 Å². The maximum atomic E-state index is 13.4. The average molecular weight is 350 g/mol. The van der Waals surface area contributed by atoms with Crippen LogP contribution in [0.4, 0.5) is 14.6 Å². The van der Waals surface area contributed by atoms with Gasteiger partial charge in [0.1, 0.15) is 11.6 Å². The predicted molar refractivity (Wildman–Crippen MR) is 81.5 cm³/mol. The number of nitrogens with zero attached hydrogens (tertiary/aromatic N) is 1. The number of benzene rings is 2. The number of aromatic nitrogens is 2. The minimum atomic E-state index is -0.362. The van der Waals surface area contributed by atoms with E-state index >= 15 is 0 Å². The molecular formula is C15H10BrF2N3. The van der Waals surface area contributed by atoms with E-state index in [9.17, 15) is 8.78 Å². The molecule has 0 saturated heterocycles. The standard InChI is InChI=1S/C15H10BrF2N3/c16-11-7-9(4-5-12(11)18)14-13(15(19)21-20-14)8-2-1-3-10(17)6-8/h1-7H,(H3,19,20,21). The summed E-state index contributed by atoms with van der Waals surface area (Å²) in [5.74, 6) is -0.464. The van der Waals surface area contributed by atoms with Gasteiger partial charge < -0.3 is 5.73 Å². The second-order valence-corrected chi connectivity index (χ2v) is 5.35. The fourth-order valence-corrected chi connectivity index (χ4v) is 2.53. The number of nitrogens with one attached hydrogen (secondary N) is 1. The van der Waals surface area contributed by atoms with Crippen LogP contribution >= 0.6 is 15.9 Å². The van der Waals surface area contributed by atoms with Gasteiger partial charge in [-0.3, -0.25) is 5.10 Å². The van der Waals surface area contributed by atoms with Crippen molar-refractivity contribution in [3.63, 3.8) is 0 Å². The van der Waals surface area contributed by atoms with Gasteiger partial charge in [0.2, 0.25) is 0 Å². The van der Waals surface area contributed by atoms with E-state index < -0.39 is 0 Å². The van der Waals surface area contributed by atoms with Crippen LogP contribution in [0.5, 0.6) is 0 Å². The Hall–Kier alpha value is -2.21. The summed E-state index contributed by atoms with van der Waals surface area (Å²) < 4.78 is 27.1. The molecule has 0 atom stereocenters. The quantitative estimate of drug-likeness (QED) is 0.721. The molecule has 0 saturated carbocycles. The van der Waals surface area contributed by atoms with E-state index in [4.69, 9.17) is 5.73 Å². The molecule has 3 N–H and O–H groups in total. The lowest BCUT2D eigenvalue weighted by Gasteiger charge is -2.06. The molecule has 106 valence electrons. The number of aromatic amines is 1. The minimum absolute atomic E-state index is 0.260. The highest BCUT2D eigenvalue weighted by Crippen LogP contribution is 2.36. The topological polar surface area (TPSA) is 54.7 Å².